The van der Waals surface area contributed by atoms with Crippen molar-refractivity contribution < 1.29 is 0 Å². The van der Waals surface area contributed by atoms with Crippen molar-refractivity contribution in [2.75, 3.05) is 4.90 Å². The highest BCUT2D eigenvalue weighted by molar-refractivity contribution is 5.98. The fourth-order valence-electron chi connectivity index (χ4n) is 9.01. The van der Waals surface area contributed by atoms with E-state index in [1.807, 2.05) is 0 Å². The fraction of sp³-hybridized carbons (Fsp3) is 0. The molecule has 296 valence electrons. The first-order valence-corrected chi connectivity index (χ1v) is 21.7. The van der Waals surface area contributed by atoms with E-state index in [1.54, 1.807) is 0 Å². The lowest BCUT2D eigenvalue weighted by Gasteiger charge is -2.29. The molecule has 0 N–H and O–H groups in total. The van der Waals surface area contributed by atoms with E-state index < -0.39 is 0 Å². The van der Waals surface area contributed by atoms with Crippen molar-refractivity contribution >= 4 is 38.6 Å². The van der Waals surface area contributed by atoms with Gasteiger partial charge in [-0.25, -0.2) is 0 Å². The van der Waals surface area contributed by atoms with E-state index in [4.69, 9.17) is 0 Å². The Morgan fingerprint density at radius 3 is 1.25 bits per heavy atom. The Morgan fingerprint density at radius 1 is 0.206 bits per heavy atom. The molecule has 11 rings (SSSR count). The first-order valence-electron chi connectivity index (χ1n) is 21.7. The highest BCUT2D eigenvalue weighted by atomic mass is 15.1. The molecule has 11 aromatic carbocycles. The Kier molecular flexibility index (Phi) is 9.97. The van der Waals surface area contributed by atoms with Gasteiger partial charge in [-0.2, -0.15) is 0 Å². The van der Waals surface area contributed by atoms with Crippen LogP contribution in [0.15, 0.2) is 261 Å². The standard InChI is InChI=1S/C62H43N/c1-4-15-44(16-5-1)54-40-55(45-17-6-2-7-18-45)42-56(41-54)47-29-34-57(35-30-47)63(58-36-31-50(32-37-58)60-26-14-24-48-22-12-13-25-59(48)60)62-43-53(33-38-61(62)49-20-8-3-9-21-49)52-28-27-46-19-10-11-23-51(46)39-52/h1-43H. The minimum absolute atomic E-state index is 1.08. The van der Waals surface area contributed by atoms with Gasteiger partial charge in [0, 0.05) is 16.9 Å². The normalized spacial score (nSPS) is 11.2. The zero-order valence-electron chi connectivity index (χ0n) is 34.8. The Balaban J connectivity index is 1.08. The van der Waals surface area contributed by atoms with E-state index in [-0.39, 0.29) is 0 Å². The van der Waals surface area contributed by atoms with Crippen molar-refractivity contribution in [3.05, 3.63) is 261 Å². The summed E-state index contributed by atoms with van der Waals surface area (Å²) in [6, 6.07) is 94.8. The predicted octanol–water partition coefficient (Wildman–Crippen LogP) is 17.5. The second kappa shape index (κ2) is 16.7. The number of anilines is 3. The molecule has 0 amide bonds. The molecule has 0 saturated carbocycles. The molecule has 0 aliphatic rings. The topological polar surface area (TPSA) is 3.24 Å². The molecular formula is C62H43N. The van der Waals surface area contributed by atoms with Crippen LogP contribution in [0.4, 0.5) is 17.1 Å². The molecule has 0 radical (unpaired) electrons. The molecule has 0 atom stereocenters. The molecule has 0 saturated heterocycles. The maximum Gasteiger partial charge on any atom is 0.0546 e. The molecule has 1 nitrogen and oxygen atoms in total. The Bertz CT molecular complexity index is 3290. The maximum atomic E-state index is 2.43. The number of benzene rings is 11. The molecule has 0 unspecified atom stereocenters. The van der Waals surface area contributed by atoms with Crippen LogP contribution in [0.1, 0.15) is 0 Å². The molecule has 0 aromatic heterocycles. The average molecular weight is 802 g/mol. The molecule has 11 aromatic rings. The first-order chi connectivity index (χ1) is 31.2. The molecule has 0 bridgehead atoms. The van der Waals surface area contributed by atoms with Crippen LogP contribution in [-0.2, 0) is 0 Å². The van der Waals surface area contributed by atoms with E-state index in [1.165, 1.54) is 66.1 Å². The van der Waals surface area contributed by atoms with Crippen molar-refractivity contribution in [3.63, 3.8) is 0 Å². The highest BCUT2D eigenvalue weighted by Crippen LogP contribution is 2.45. The number of nitrogens with zero attached hydrogens (tertiary/aromatic N) is 1. The van der Waals surface area contributed by atoms with Crippen LogP contribution >= 0.6 is 0 Å². The lowest BCUT2D eigenvalue weighted by atomic mass is 9.93. The van der Waals surface area contributed by atoms with Gasteiger partial charge in [0.25, 0.3) is 0 Å². The van der Waals surface area contributed by atoms with Gasteiger partial charge < -0.3 is 4.90 Å². The highest BCUT2D eigenvalue weighted by Gasteiger charge is 2.20. The Morgan fingerprint density at radius 2 is 0.635 bits per heavy atom. The predicted molar refractivity (Wildman–Crippen MR) is 269 cm³/mol. The van der Waals surface area contributed by atoms with Gasteiger partial charge in [0.1, 0.15) is 0 Å². The zero-order valence-corrected chi connectivity index (χ0v) is 34.8. The number of hydrogen-bond acceptors (Lipinski definition) is 1. The monoisotopic (exact) mass is 801 g/mol. The molecular weight excluding hydrogens is 759 g/mol. The summed E-state index contributed by atoms with van der Waals surface area (Å²) in [6.45, 7) is 0. The first kappa shape index (κ1) is 37.7. The largest absolute Gasteiger partial charge is 0.310 e. The van der Waals surface area contributed by atoms with Crippen LogP contribution in [-0.4, -0.2) is 0 Å². The van der Waals surface area contributed by atoms with Crippen molar-refractivity contribution in [2.24, 2.45) is 0 Å². The second-order valence-electron chi connectivity index (χ2n) is 16.1. The summed E-state index contributed by atoms with van der Waals surface area (Å²) in [4.78, 5) is 2.43. The Hall–Kier alpha value is -8.26. The summed E-state index contributed by atoms with van der Waals surface area (Å²) in [5, 5.41) is 4.96. The lowest BCUT2D eigenvalue weighted by molar-refractivity contribution is 1.28. The van der Waals surface area contributed by atoms with Crippen LogP contribution in [0, 0.1) is 0 Å². The van der Waals surface area contributed by atoms with E-state index in [0.29, 0.717) is 0 Å². The third-order valence-corrected chi connectivity index (χ3v) is 12.2. The molecule has 0 spiro atoms. The number of fused-ring (bicyclic) bond motifs is 2. The fourth-order valence-corrected chi connectivity index (χ4v) is 9.01. The lowest BCUT2D eigenvalue weighted by Crippen LogP contribution is -2.11. The molecule has 0 fully saturated rings. The quantitative estimate of drug-likeness (QED) is 0.141. The SMILES string of the molecule is c1ccc(-c2cc(-c3ccccc3)cc(-c3ccc(N(c4ccc(-c5cccc6ccccc56)cc4)c4cc(-c5ccc6ccccc6c5)ccc4-c4ccccc4)cc3)c2)cc1. The summed E-state index contributed by atoms with van der Waals surface area (Å²) in [7, 11) is 0. The second-order valence-corrected chi connectivity index (χ2v) is 16.1. The Labute approximate surface area is 369 Å². The van der Waals surface area contributed by atoms with Gasteiger partial charge in [0.15, 0.2) is 0 Å². The van der Waals surface area contributed by atoms with Gasteiger partial charge in [-0.3, -0.25) is 0 Å². The van der Waals surface area contributed by atoms with Crippen molar-refractivity contribution in [1.29, 1.82) is 0 Å². The third kappa shape index (κ3) is 7.58. The molecule has 0 aliphatic carbocycles. The zero-order chi connectivity index (χ0) is 42.0. The summed E-state index contributed by atoms with van der Waals surface area (Å²) >= 11 is 0. The van der Waals surface area contributed by atoms with E-state index >= 15 is 0 Å². The third-order valence-electron chi connectivity index (χ3n) is 12.2. The van der Waals surface area contributed by atoms with E-state index in [2.05, 4.69) is 266 Å². The van der Waals surface area contributed by atoms with Crippen LogP contribution < -0.4 is 4.90 Å². The van der Waals surface area contributed by atoms with Gasteiger partial charge in [0.2, 0.25) is 0 Å². The van der Waals surface area contributed by atoms with Crippen molar-refractivity contribution in [3.8, 4) is 66.8 Å². The molecule has 1 heteroatoms. The minimum atomic E-state index is 1.08. The molecule has 0 aliphatic heterocycles. The molecule has 0 heterocycles. The van der Waals surface area contributed by atoms with Crippen LogP contribution in [0.2, 0.25) is 0 Å². The van der Waals surface area contributed by atoms with Gasteiger partial charge >= 0.3 is 0 Å². The minimum Gasteiger partial charge on any atom is -0.310 e. The van der Waals surface area contributed by atoms with Crippen molar-refractivity contribution in [2.45, 2.75) is 0 Å². The molecule has 63 heavy (non-hydrogen) atoms. The number of hydrogen-bond donors (Lipinski definition) is 0. The summed E-state index contributed by atoms with van der Waals surface area (Å²) in [6.07, 6.45) is 0. The van der Waals surface area contributed by atoms with Gasteiger partial charge in [-0.05, 0) is 137 Å². The van der Waals surface area contributed by atoms with E-state index in [0.717, 1.165) is 39.3 Å². The summed E-state index contributed by atoms with van der Waals surface area (Å²) in [5.74, 6) is 0. The summed E-state index contributed by atoms with van der Waals surface area (Å²) < 4.78 is 0. The van der Waals surface area contributed by atoms with Gasteiger partial charge in [-0.1, -0.05) is 206 Å². The average Bonchev–Trinajstić information content (AvgIpc) is 3.37. The van der Waals surface area contributed by atoms with Crippen LogP contribution in [0.3, 0.4) is 0 Å². The van der Waals surface area contributed by atoms with Crippen LogP contribution in [0.5, 0.6) is 0 Å². The van der Waals surface area contributed by atoms with E-state index in [9.17, 15) is 0 Å². The van der Waals surface area contributed by atoms with Gasteiger partial charge in [-0.15, -0.1) is 0 Å². The van der Waals surface area contributed by atoms with Crippen LogP contribution in [0.25, 0.3) is 88.3 Å². The maximum absolute atomic E-state index is 2.43. The number of rotatable bonds is 9. The van der Waals surface area contributed by atoms with Gasteiger partial charge in [0.05, 0.1) is 5.69 Å². The van der Waals surface area contributed by atoms with Crippen molar-refractivity contribution in [1.82, 2.24) is 0 Å². The smallest absolute Gasteiger partial charge is 0.0546 e. The summed E-state index contributed by atoms with van der Waals surface area (Å²) in [5.41, 5.74) is 17.5.